The third kappa shape index (κ3) is 3.31. The highest BCUT2D eigenvalue weighted by atomic mass is 32.1. The van der Waals surface area contributed by atoms with Gasteiger partial charge in [-0.05, 0) is 37.6 Å². The average molecular weight is 296 g/mol. The highest BCUT2D eigenvalue weighted by Crippen LogP contribution is 2.28. The van der Waals surface area contributed by atoms with E-state index >= 15 is 0 Å². The number of fused-ring (bicyclic) bond motifs is 1. The van der Waals surface area contributed by atoms with Crippen LogP contribution in [0, 0.1) is 6.92 Å². The largest absolute Gasteiger partial charge is 0.308 e. The van der Waals surface area contributed by atoms with Crippen molar-refractivity contribution < 1.29 is 0 Å². The summed E-state index contributed by atoms with van der Waals surface area (Å²) >= 11 is 1.79. The number of nitrogens with zero attached hydrogens (tertiary/aromatic N) is 1. The second-order valence-corrected chi connectivity index (χ2v) is 6.38. The van der Waals surface area contributed by atoms with Crippen molar-refractivity contribution in [1.82, 2.24) is 10.3 Å². The first kappa shape index (κ1) is 14.2. The van der Waals surface area contributed by atoms with Gasteiger partial charge in [0.1, 0.15) is 5.01 Å². The van der Waals surface area contributed by atoms with Crippen molar-refractivity contribution in [1.29, 1.82) is 0 Å². The quantitative estimate of drug-likeness (QED) is 0.750. The van der Waals surface area contributed by atoms with E-state index in [2.05, 4.69) is 61.6 Å². The van der Waals surface area contributed by atoms with Gasteiger partial charge < -0.3 is 5.32 Å². The predicted molar refractivity (Wildman–Crippen MR) is 90.9 cm³/mol. The number of thiazole rings is 1. The van der Waals surface area contributed by atoms with Gasteiger partial charge in [0.15, 0.2) is 0 Å². The highest BCUT2D eigenvalue weighted by Gasteiger charge is 2.15. The lowest BCUT2D eigenvalue weighted by Gasteiger charge is -2.15. The molecule has 2 aromatic carbocycles. The molecule has 108 valence electrons. The van der Waals surface area contributed by atoms with E-state index in [1.165, 1.54) is 20.8 Å². The summed E-state index contributed by atoms with van der Waals surface area (Å²) in [6.45, 7) is 5.22. The molecule has 0 aliphatic heterocycles. The monoisotopic (exact) mass is 296 g/mol. The first-order chi connectivity index (χ1) is 10.3. The number of aromatic nitrogens is 1. The smallest absolute Gasteiger partial charge is 0.111 e. The van der Waals surface area contributed by atoms with Crippen LogP contribution in [-0.2, 0) is 6.42 Å². The van der Waals surface area contributed by atoms with Gasteiger partial charge in [-0.15, -0.1) is 11.3 Å². The van der Waals surface area contributed by atoms with Gasteiger partial charge in [0, 0.05) is 0 Å². The third-order valence-electron chi connectivity index (χ3n) is 3.62. The molecule has 3 aromatic rings. The molecule has 2 nitrogen and oxygen atoms in total. The first-order valence-corrected chi connectivity index (χ1v) is 8.22. The number of hydrogen-bond acceptors (Lipinski definition) is 3. The molecular formula is C18H20N2S. The van der Waals surface area contributed by atoms with Crippen LogP contribution in [0.1, 0.15) is 29.1 Å². The Hall–Kier alpha value is -1.71. The van der Waals surface area contributed by atoms with Crippen molar-refractivity contribution in [3.63, 3.8) is 0 Å². The number of nitrogens with one attached hydrogen (secondary N) is 1. The first-order valence-electron chi connectivity index (χ1n) is 7.40. The number of likely N-dealkylation sites (N-methyl/N-ethyl adjacent to an activating group) is 1. The molecule has 0 saturated carbocycles. The van der Waals surface area contributed by atoms with E-state index in [1.54, 1.807) is 11.3 Å². The summed E-state index contributed by atoms with van der Waals surface area (Å²) in [5, 5.41) is 4.75. The Labute approximate surface area is 129 Å². The average Bonchev–Trinajstić information content (AvgIpc) is 2.93. The summed E-state index contributed by atoms with van der Waals surface area (Å²) in [4.78, 5) is 4.80. The van der Waals surface area contributed by atoms with E-state index in [4.69, 9.17) is 4.98 Å². The molecule has 0 bridgehead atoms. The van der Waals surface area contributed by atoms with Gasteiger partial charge in [-0.2, -0.15) is 0 Å². The van der Waals surface area contributed by atoms with Crippen molar-refractivity contribution >= 4 is 21.6 Å². The zero-order valence-corrected chi connectivity index (χ0v) is 13.3. The maximum absolute atomic E-state index is 4.80. The lowest BCUT2D eigenvalue weighted by Crippen LogP contribution is -2.22. The van der Waals surface area contributed by atoms with Crippen molar-refractivity contribution in [2.75, 3.05) is 6.54 Å². The van der Waals surface area contributed by atoms with Gasteiger partial charge in [0.2, 0.25) is 0 Å². The minimum absolute atomic E-state index is 0.287. The van der Waals surface area contributed by atoms with E-state index in [1.807, 2.05) is 6.07 Å². The number of rotatable bonds is 5. The molecule has 1 N–H and O–H groups in total. The molecule has 1 aromatic heterocycles. The van der Waals surface area contributed by atoms with Gasteiger partial charge in [0.25, 0.3) is 0 Å². The van der Waals surface area contributed by atoms with Crippen molar-refractivity contribution in [2.45, 2.75) is 26.3 Å². The molecule has 0 radical (unpaired) electrons. The second-order valence-electron chi connectivity index (χ2n) is 5.32. The fourth-order valence-electron chi connectivity index (χ4n) is 2.49. The van der Waals surface area contributed by atoms with Crippen LogP contribution in [0.2, 0.25) is 0 Å². The normalized spacial score (nSPS) is 12.7. The van der Waals surface area contributed by atoms with E-state index in [0.29, 0.717) is 0 Å². The molecular weight excluding hydrogens is 276 g/mol. The van der Waals surface area contributed by atoms with E-state index in [0.717, 1.165) is 18.5 Å². The summed E-state index contributed by atoms with van der Waals surface area (Å²) in [6.07, 6.45) is 0.980. The number of hydrogen-bond donors (Lipinski definition) is 1. The van der Waals surface area contributed by atoms with Crippen molar-refractivity contribution in [2.24, 2.45) is 0 Å². The molecule has 1 unspecified atom stereocenters. The fourth-order valence-corrected chi connectivity index (χ4v) is 3.54. The van der Waals surface area contributed by atoms with Crippen molar-refractivity contribution in [3.05, 3.63) is 64.7 Å². The second kappa shape index (κ2) is 6.37. The standard InChI is InChI=1S/C18H20N2S/c1-3-19-16(12-14-10-8-13(2)9-11-14)18-20-15-6-4-5-7-17(15)21-18/h4-11,16,19H,3,12H2,1-2H3. The molecule has 0 aliphatic rings. The minimum Gasteiger partial charge on any atom is -0.308 e. The number of aryl methyl sites for hydroxylation is 1. The summed E-state index contributed by atoms with van der Waals surface area (Å²) in [5.74, 6) is 0. The minimum atomic E-state index is 0.287. The molecule has 1 atom stereocenters. The van der Waals surface area contributed by atoms with Crippen molar-refractivity contribution in [3.8, 4) is 0 Å². The number of benzene rings is 2. The maximum atomic E-state index is 4.80. The number of para-hydroxylation sites is 1. The van der Waals surface area contributed by atoms with Gasteiger partial charge in [-0.3, -0.25) is 0 Å². The summed E-state index contributed by atoms with van der Waals surface area (Å²) in [6, 6.07) is 17.4. The molecule has 0 fully saturated rings. The van der Waals surface area contributed by atoms with Gasteiger partial charge >= 0.3 is 0 Å². The molecule has 21 heavy (non-hydrogen) atoms. The van der Waals surface area contributed by atoms with Crippen LogP contribution < -0.4 is 5.32 Å². The lowest BCUT2D eigenvalue weighted by molar-refractivity contribution is 0.548. The van der Waals surface area contributed by atoms with Gasteiger partial charge in [0.05, 0.1) is 16.3 Å². The Balaban J connectivity index is 1.87. The Morgan fingerprint density at radius 1 is 1.10 bits per heavy atom. The zero-order chi connectivity index (χ0) is 14.7. The van der Waals surface area contributed by atoms with Crippen LogP contribution in [-0.4, -0.2) is 11.5 Å². The summed E-state index contributed by atoms with van der Waals surface area (Å²) < 4.78 is 1.26. The van der Waals surface area contributed by atoms with Crippen LogP contribution in [0.3, 0.4) is 0 Å². The molecule has 3 rings (SSSR count). The molecule has 0 saturated heterocycles. The third-order valence-corrected chi connectivity index (χ3v) is 4.77. The van der Waals surface area contributed by atoms with Gasteiger partial charge in [-0.25, -0.2) is 4.98 Å². The molecule has 0 aliphatic carbocycles. The highest BCUT2D eigenvalue weighted by molar-refractivity contribution is 7.18. The zero-order valence-electron chi connectivity index (χ0n) is 12.5. The van der Waals surface area contributed by atoms with Gasteiger partial charge in [-0.1, -0.05) is 48.9 Å². The predicted octanol–water partition coefficient (Wildman–Crippen LogP) is 4.50. The SMILES string of the molecule is CCNC(Cc1ccc(C)cc1)c1nc2ccccc2s1. The molecule has 0 spiro atoms. The lowest BCUT2D eigenvalue weighted by atomic mass is 10.0. The van der Waals surface area contributed by atoms with E-state index in [-0.39, 0.29) is 6.04 Å². The summed E-state index contributed by atoms with van der Waals surface area (Å²) in [7, 11) is 0. The Bertz CT molecular complexity index is 682. The molecule has 0 amide bonds. The van der Waals surface area contributed by atoms with Crippen LogP contribution in [0.4, 0.5) is 0 Å². The summed E-state index contributed by atoms with van der Waals surface area (Å²) in [5.41, 5.74) is 3.76. The molecule has 1 heterocycles. The molecule has 3 heteroatoms. The van der Waals surface area contributed by atoms with Crippen LogP contribution in [0.5, 0.6) is 0 Å². The van der Waals surface area contributed by atoms with Crippen LogP contribution in [0.15, 0.2) is 48.5 Å². The topological polar surface area (TPSA) is 24.9 Å². The maximum Gasteiger partial charge on any atom is 0.111 e. The Morgan fingerprint density at radius 3 is 2.57 bits per heavy atom. The van der Waals surface area contributed by atoms with E-state index < -0.39 is 0 Å². The van der Waals surface area contributed by atoms with E-state index in [9.17, 15) is 0 Å². The fraction of sp³-hybridized carbons (Fsp3) is 0.278. The van der Waals surface area contributed by atoms with Crippen LogP contribution in [0.25, 0.3) is 10.2 Å². The Morgan fingerprint density at radius 2 is 1.86 bits per heavy atom. The Kier molecular flexibility index (Phi) is 4.32. The van der Waals surface area contributed by atoms with Crippen LogP contribution >= 0.6 is 11.3 Å².